The van der Waals surface area contributed by atoms with Crippen LogP contribution in [0.5, 0.6) is 0 Å². The van der Waals surface area contributed by atoms with Crippen molar-refractivity contribution in [3.8, 4) is 0 Å². The molecule has 0 aliphatic carbocycles. The fourth-order valence-corrected chi connectivity index (χ4v) is 1.26. The Hall–Kier alpha value is -1.83. The smallest absolute Gasteiger partial charge is 0.330 e. The Labute approximate surface area is 94.2 Å². The van der Waals surface area contributed by atoms with Gasteiger partial charge in [0, 0.05) is 11.6 Å². The summed E-state index contributed by atoms with van der Waals surface area (Å²) in [6.45, 7) is -0.260. The molecule has 17 heavy (non-hydrogen) atoms. The van der Waals surface area contributed by atoms with E-state index in [0.717, 1.165) is 6.92 Å². The molecule has 0 heterocycles. The minimum Gasteiger partial charge on any atom is -0.394 e. The zero-order valence-corrected chi connectivity index (χ0v) is 8.78. The van der Waals surface area contributed by atoms with Gasteiger partial charge in [0.25, 0.3) is 0 Å². The highest BCUT2D eigenvalue weighted by Gasteiger charge is 2.28. The van der Waals surface area contributed by atoms with Crippen LogP contribution in [-0.2, 0) is 0 Å². The van der Waals surface area contributed by atoms with E-state index in [1.165, 1.54) is 0 Å². The number of halogens is 3. The number of hydrogen-bond acceptors (Lipinski definition) is 4. The molecule has 1 N–H and O–H groups in total. The van der Waals surface area contributed by atoms with Crippen molar-refractivity contribution in [2.24, 2.45) is 0 Å². The first-order chi connectivity index (χ1) is 7.90. The summed E-state index contributed by atoms with van der Waals surface area (Å²) in [4.78, 5) is 9.46. The maximum Gasteiger partial charge on any atom is 0.330 e. The van der Waals surface area contributed by atoms with Gasteiger partial charge in [0.2, 0.25) is 5.82 Å². The third-order valence-electron chi connectivity index (χ3n) is 2.14. The number of hydrogen-bond donors (Lipinski definition) is 1. The Morgan fingerprint density at radius 3 is 2.59 bits per heavy atom. The summed E-state index contributed by atoms with van der Waals surface area (Å²) in [5, 5.41) is 18.8. The van der Waals surface area contributed by atoms with Crippen molar-refractivity contribution in [3.63, 3.8) is 0 Å². The number of aliphatic hydroxyl groups excluding tert-OH is 1. The molecule has 0 unspecified atom stereocenters. The average Bonchev–Trinajstić information content (AvgIpc) is 2.25. The zero-order chi connectivity index (χ0) is 13.2. The van der Waals surface area contributed by atoms with Crippen molar-refractivity contribution in [3.05, 3.63) is 33.4 Å². The lowest BCUT2D eigenvalue weighted by Gasteiger charge is -2.13. The molecule has 0 saturated carbocycles. The minimum atomic E-state index is -1.43. The second kappa shape index (κ2) is 5.00. The molecule has 0 spiro atoms. The molecular formula is C9H9F3N2O3. The molecule has 0 amide bonds. The van der Waals surface area contributed by atoms with Gasteiger partial charge in [-0.3, -0.25) is 10.1 Å². The molecule has 0 radical (unpaired) electrons. The first-order valence-electron chi connectivity index (χ1n) is 4.57. The largest absolute Gasteiger partial charge is 0.394 e. The van der Waals surface area contributed by atoms with Gasteiger partial charge in [0.05, 0.1) is 18.1 Å². The van der Waals surface area contributed by atoms with Gasteiger partial charge < -0.3 is 5.11 Å². The first kappa shape index (κ1) is 13.2. The number of nitrogens with zero attached hydrogens (tertiary/aromatic N) is 2. The highest BCUT2D eigenvalue weighted by Crippen LogP contribution is 2.34. The predicted octanol–water partition coefficient (Wildman–Crippen LogP) is 1.86. The molecule has 0 aromatic heterocycles. The Morgan fingerprint density at radius 1 is 1.53 bits per heavy atom. The summed E-state index contributed by atoms with van der Waals surface area (Å²) in [5.74, 6) is -2.52. The number of anilines is 1. The van der Waals surface area contributed by atoms with Crippen LogP contribution < -0.4 is 5.12 Å². The third kappa shape index (κ3) is 2.47. The molecule has 0 fully saturated rings. The summed E-state index contributed by atoms with van der Waals surface area (Å²) >= 11 is 0. The van der Waals surface area contributed by atoms with Crippen molar-refractivity contribution in [1.82, 2.24) is 0 Å². The summed E-state index contributed by atoms with van der Waals surface area (Å²) in [6.07, 6.45) is 0. The van der Waals surface area contributed by atoms with Gasteiger partial charge in [0.15, 0.2) is 5.69 Å². The van der Waals surface area contributed by atoms with Crippen LogP contribution in [0.3, 0.4) is 0 Å². The van der Waals surface area contributed by atoms with E-state index in [1.54, 1.807) is 0 Å². The molecule has 8 heteroatoms. The SMILES string of the molecule is Cc1c(F)cc(N(F)CCO)c([N+](=O)[O-])c1F. The van der Waals surface area contributed by atoms with E-state index < -0.39 is 46.6 Å². The lowest BCUT2D eigenvalue weighted by molar-refractivity contribution is -0.387. The lowest BCUT2D eigenvalue weighted by atomic mass is 10.1. The molecule has 0 atom stereocenters. The van der Waals surface area contributed by atoms with Crippen molar-refractivity contribution in [2.45, 2.75) is 6.92 Å². The van der Waals surface area contributed by atoms with Gasteiger partial charge in [0.1, 0.15) is 5.82 Å². The quantitative estimate of drug-likeness (QED) is 0.503. The first-order valence-corrected chi connectivity index (χ1v) is 4.57. The number of nitro groups is 1. The second-order valence-electron chi connectivity index (χ2n) is 3.23. The van der Waals surface area contributed by atoms with Gasteiger partial charge in [-0.2, -0.15) is 4.39 Å². The number of rotatable bonds is 4. The molecule has 0 bridgehead atoms. The van der Waals surface area contributed by atoms with Gasteiger partial charge in [-0.1, -0.05) is 4.48 Å². The second-order valence-corrected chi connectivity index (χ2v) is 3.23. The molecule has 0 saturated heterocycles. The number of benzene rings is 1. The maximum absolute atomic E-state index is 13.4. The average molecular weight is 250 g/mol. The molecule has 1 rings (SSSR count). The van der Waals surface area contributed by atoms with E-state index in [4.69, 9.17) is 5.11 Å². The van der Waals surface area contributed by atoms with Gasteiger partial charge in [-0.25, -0.2) is 9.51 Å². The van der Waals surface area contributed by atoms with Crippen LogP contribution in [-0.4, -0.2) is 23.2 Å². The van der Waals surface area contributed by atoms with Gasteiger partial charge >= 0.3 is 5.69 Å². The lowest BCUT2D eigenvalue weighted by Crippen LogP contribution is -2.19. The zero-order valence-electron chi connectivity index (χ0n) is 8.78. The van der Waals surface area contributed by atoms with Gasteiger partial charge in [-0.05, 0) is 6.92 Å². The molecule has 0 aliphatic rings. The van der Waals surface area contributed by atoms with Crippen molar-refractivity contribution in [1.29, 1.82) is 0 Å². The summed E-state index contributed by atoms with van der Waals surface area (Å²) in [5.41, 5.74) is -2.57. The Morgan fingerprint density at radius 2 is 2.12 bits per heavy atom. The van der Waals surface area contributed by atoms with Crippen LogP contribution in [0, 0.1) is 28.7 Å². The maximum atomic E-state index is 13.4. The van der Waals surface area contributed by atoms with Crippen LogP contribution in [0.25, 0.3) is 0 Å². The van der Waals surface area contributed by atoms with Crippen LogP contribution in [0.4, 0.5) is 24.6 Å². The third-order valence-corrected chi connectivity index (χ3v) is 2.14. The van der Waals surface area contributed by atoms with E-state index in [1.807, 2.05) is 0 Å². The standard InChI is InChI=1S/C9H9F3N2O3/c1-5-6(10)4-7(13(12)2-3-15)9(8(5)11)14(16)17/h4,15H,2-3H2,1H3. The highest BCUT2D eigenvalue weighted by molar-refractivity contribution is 5.64. The Kier molecular flexibility index (Phi) is 3.89. The van der Waals surface area contributed by atoms with Gasteiger partial charge in [-0.15, -0.1) is 0 Å². The molecular weight excluding hydrogens is 241 g/mol. The Bertz CT molecular complexity index is 454. The van der Waals surface area contributed by atoms with Crippen LogP contribution >= 0.6 is 0 Å². The topological polar surface area (TPSA) is 66.6 Å². The fraction of sp³-hybridized carbons (Fsp3) is 0.333. The van der Waals surface area contributed by atoms with Crippen molar-refractivity contribution >= 4 is 11.4 Å². The van der Waals surface area contributed by atoms with Crippen molar-refractivity contribution in [2.75, 3.05) is 18.3 Å². The summed E-state index contributed by atoms with van der Waals surface area (Å²) in [6, 6.07) is 0.520. The van der Waals surface area contributed by atoms with E-state index in [0.29, 0.717) is 6.07 Å². The summed E-state index contributed by atoms with van der Waals surface area (Å²) < 4.78 is 39.9. The van der Waals surface area contributed by atoms with Crippen LogP contribution in [0.2, 0.25) is 0 Å². The van der Waals surface area contributed by atoms with Crippen LogP contribution in [0.1, 0.15) is 5.56 Å². The molecule has 94 valence electrons. The minimum absolute atomic E-state index is 0.274. The molecule has 0 aliphatic heterocycles. The summed E-state index contributed by atoms with van der Waals surface area (Å²) in [7, 11) is 0. The van der Waals surface area contributed by atoms with E-state index >= 15 is 0 Å². The van der Waals surface area contributed by atoms with E-state index in [9.17, 15) is 23.4 Å². The molecule has 5 nitrogen and oxygen atoms in total. The fourth-order valence-electron chi connectivity index (χ4n) is 1.26. The highest BCUT2D eigenvalue weighted by atomic mass is 19.2. The predicted molar refractivity (Wildman–Crippen MR) is 53.3 cm³/mol. The number of nitro benzene ring substituents is 1. The van der Waals surface area contributed by atoms with Crippen LogP contribution in [0.15, 0.2) is 6.07 Å². The number of aliphatic hydroxyl groups is 1. The van der Waals surface area contributed by atoms with Crippen molar-refractivity contribution < 1.29 is 23.3 Å². The Balaban J connectivity index is 3.42. The molecule has 1 aromatic carbocycles. The monoisotopic (exact) mass is 250 g/mol. The normalized spacial score (nSPS) is 10.4. The van der Waals surface area contributed by atoms with E-state index in [2.05, 4.69) is 0 Å². The molecule has 1 aromatic rings. The van der Waals surface area contributed by atoms with E-state index in [-0.39, 0.29) is 5.12 Å².